The fraction of sp³-hybridized carbons (Fsp3) is 0.450. The minimum Gasteiger partial charge on any atom is -0.361 e. The summed E-state index contributed by atoms with van der Waals surface area (Å²) in [7, 11) is -6.55. The zero-order chi connectivity index (χ0) is 21.0. The molecule has 2 rings (SSSR count). The molecule has 5 nitrogen and oxygen atoms in total. The summed E-state index contributed by atoms with van der Waals surface area (Å²) < 4.78 is 33.5. The lowest BCUT2D eigenvalue weighted by atomic mass is 10.4. The monoisotopic (exact) mass is 434 g/mol. The van der Waals surface area contributed by atoms with Crippen LogP contribution in [0.2, 0.25) is 45.3 Å². The first kappa shape index (κ1) is 22.6. The van der Waals surface area contributed by atoms with Crippen LogP contribution in [-0.4, -0.2) is 40.7 Å². The molecule has 28 heavy (non-hydrogen) atoms. The predicted octanol–water partition coefficient (Wildman–Crippen LogP) is 4.26. The van der Waals surface area contributed by atoms with Gasteiger partial charge in [0.05, 0.1) is 4.90 Å². The van der Waals surface area contributed by atoms with E-state index in [9.17, 15) is 8.42 Å². The lowest BCUT2D eigenvalue weighted by Gasteiger charge is -2.16. The highest BCUT2D eigenvalue weighted by Gasteiger charge is 2.25. The lowest BCUT2D eigenvalue weighted by molar-refractivity contribution is 0.0809. The molecule has 0 spiro atoms. The third-order valence-corrected chi connectivity index (χ3v) is 8.10. The molecule has 0 N–H and O–H groups in total. The van der Waals surface area contributed by atoms with Crippen LogP contribution in [0.3, 0.4) is 0 Å². The molecule has 152 valence electrons. The van der Waals surface area contributed by atoms with Crippen molar-refractivity contribution in [1.29, 1.82) is 0 Å². The Morgan fingerprint density at radius 2 is 1.71 bits per heavy atom. The van der Waals surface area contributed by atoms with Gasteiger partial charge in [-0.15, -0.1) is 5.54 Å². The summed E-state index contributed by atoms with van der Waals surface area (Å²) >= 11 is 0. The fourth-order valence-corrected chi connectivity index (χ4v) is 4.88. The van der Waals surface area contributed by atoms with Crippen molar-refractivity contribution >= 4 is 26.0 Å². The van der Waals surface area contributed by atoms with Crippen molar-refractivity contribution in [3.05, 3.63) is 42.2 Å². The second-order valence-electron chi connectivity index (χ2n) is 9.04. The number of benzene rings is 1. The van der Waals surface area contributed by atoms with Crippen molar-refractivity contribution in [3.8, 4) is 11.5 Å². The second kappa shape index (κ2) is 8.78. The van der Waals surface area contributed by atoms with E-state index in [0.717, 1.165) is 6.04 Å². The molecule has 2 aromatic rings. The number of hydrogen-bond acceptors (Lipinski definition) is 4. The SMILES string of the molecule is C[Si](C)(C)C#Cc1cn(COCC[Si](C)(C)C)c(S(=O)(=O)c2ccccc2)n1. The van der Waals surface area contributed by atoms with E-state index in [1.54, 1.807) is 41.1 Å². The van der Waals surface area contributed by atoms with E-state index in [-0.39, 0.29) is 16.8 Å². The predicted molar refractivity (Wildman–Crippen MR) is 118 cm³/mol. The normalized spacial score (nSPS) is 12.5. The van der Waals surface area contributed by atoms with Crippen LogP contribution in [0.25, 0.3) is 0 Å². The van der Waals surface area contributed by atoms with Crippen molar-refractivity contribution in [2.75, 3.05) is 6.61 Å². The van der Waals surface area contributed by atoms with Crippen molar-refractivity contribution in [2.45, 2.75) is 62.1 Å². The third-order valence-electron chi connectivity index (χ3n) is 3.83. The van der Waals surface area contributed by atoms with Gasteiger partial charge in [-0.2, -0.15) is 0 Å². The Morgan fingerprint density at radius 1 is 1.07 bits per heavy atom. The van der Waals surface area contributed by atoms with Gasteiger partial charge in [-0.3, -0.25) is 4.57 Å². The summed E-state index contributed by atoms with van der Waals surface area (Å²) in [4.78, 5) is 4.56. The summed E-state index contributed by atoms with van der Waals surface area (Å²) in [5, 5.41) is -0.0217. The molecular formula is C20H30N2O3SSi2. The zero-order valence-corrected chi connectivity index (χ0v) is 20.4. The smallest absolute Gasteiger partial charge is 0.240 e. The van der Waals surface area contributed by atoms with Gasteiger partial charge in [0, 0.05) is 20.9 Å². The van der Waals surface area contributed by atoms with Crippen LogP contribution in [0.5, 0.6) is 0 Å². The van der Waals surface area contributed by atoms with Gasteiger partial charge < -0.3 is 4.74 Å². The highest BCUT2D eigenvalue weighted by Crippen LogP contribution is 2.20. The molecule has 0 bridgehead atoms. The largest absolute Gasteiger partial charge is 0.361 e. The maximum atomic E-state index is 13.1. The summed E-state index contributed by atoms with van der Waals surface area (Å²) in [6, 6.07) is 9.37. The molecule has 0 unspecified atom stereocenters. The number of hydrogen-bond donors (Lipinski definition) is 0. The van der Waals surface area contributed by atoms with Gasteiger partial charge in [0.1, 0.15) is 20.5 Å². The molecule has 0 amide bonds. The van der Waals surface area contributed by atoms with Gasteiger partial charge in [-0.1, -0.05) is 63.4 Å². The first-order valence-electron chi connectivity index (χ1n) is 9.37. The van der Waals surface area contributed by atoms with E-state index in [1.165, 1.54) is 0 Å². The molecule has 1 heterocycles. The summed E-state index contributed by atoms with van der Waals surface area (Å²) in [6.07, 6.45) is 1.68. The Hall–Kier alpha value is -1.67. The number of nitrogens with zero attached hydrogens (tertiary/aromatic N) is 2. The van der Waals surface area contributed by atoms with E-state index < -0.39 is 26.0 Å². The number of sulfone groups is 1. The molecule has 0 aliphatic rings. The molecule has 0 radical (unpaired) electrons. The maximum Gasteiger partial charge on any atom is 0.240 e. The van der Waals surface area contributed by atoms with Gasteiger partial charge in [0.25, 0.3) is 0 Å². The molecule has 1 aromatic carbocycles. The fourth-order valence-electron chi connectivity index (χ4n) is 2.26. The zero-order valence-electron chi connectivity index (χ0n) is 17.6. The van der Waals surface area contributed by atoms with Crippen LogP contribution in [0.1, 0.15) is 5.69 Å². The van der Waals surface area contributed by atoms with Gasteiger partial charge in [-0.25, -0.2) is 13.4 Å². The molecular weight excluding hydrogens is 404 g/mol. The third kappa shape index (κ3) is 6.74. The van der Waals surface area contributed by atoms with Crippen molar-refractivity contribution < 1.29 is 13.2 Å². The Morgan fingerprint density at radius 3 is 2.29 bits per heavy atom. The molecule has 8 heteroatoms. The minimum absolute atomic E-state index is 0.0217. The summed E-state index contributed by atoms with van der Waals surface area (Å²) in [6.45, 7) is 14.0. The van der Waals surface area contributed by atoms with E-state index in [2.05, 4.69) is 55.7 Å². The van der Waals surface area contributed by atoms with Gasteiger partial charge in [0.2, 0.25) is 15.0 Å². The first-order chi connectivity index (χ1) is 12.9. The lowest BCUT2D eigenvalue weighted by Crippen LogP contribution is -2.22. The van der Waals surface area contributed by atoms with Crippen LogP contribution >= 0.6 is 0 Å². The van der Waals surface area contributed by atoms with Gasteiger partial charge in [0.15, 0.2) is 0 Å². The number of aromatic nitrogens is 2. The first-order valence-corrected chi connectivity index (χ1v) is 18.1. The molecule has 0 aliphatic heterocycles. The van der Waals surface area contributed by atoms with E-state index in [4.69, 9.17) is 4.74 Å². The average molecular weight is 435 g/mol. The summed E-state index contributed by atoms with van der Waals surface area (Å²) in [5.41, 5.74) is 3.70. The average Bonchev–Trinajstić information content (AvgIpc) is 3.00. The number of imidazole rings is 1. The molecule has 0 atom stereocenters. The Bertz CT molecular complexity index is 961. The molecule has 0 fully saturated rings. The molecule has 0 aliphatic carbocycles. The van der Waals surface area contributed by atoms with Crippen molar-refractivity contribution in [1.82, 2.24) is 9.55 Å². The number of ether oxygens (including phenoxy) is 1. The van der Waals surface area contributed by atoms with Crippen molar-refractivity contribution in [3.63, 3.8) is 0 Å². The standard InChI is InChI=1S/C20H30N2O3SSi2/c1-27(2,3)14-12-18-16-22(17-25-13-15-28(4,5)6)20(21-18)26(23,24)19-10-8-7-9-11-19/h7-11,16H,13,15,17H2,1-6H3. The molecule has 0 saturated carbocycles. The summed E-state index contributed by atoms with van der Waals surface area (Å²) in [5.74, 6) is 3.05. The van der Waals surface area contributed by atoms with E-state index in [1.807, 2.05) is 0 Å². The van der Waals surface area contributed by atoms with E-state index in [0.29, 0.717) is 12.3 Å². The maximum absolute atomic E-state index is 13.1. The van der Waals surface area contributed by atoms with Crippen LogP contribution in [0.4, 0.5) is 0 Å². The van der Waals surface area contributed by atoms with E-state index >= 15 is 0 Å². The minimum atomic E-state index is -3.74. The highest BCUT2D eigenvalue weighted by atomic mass is 32.2. The Kier molecular flexibility index (Phi) is 7.09. The van der Waals surface area contributed by atoms with Crippen LogP contribution in [0, 0.1) is 11.5 Å². The topological polar surface area (TPSA) is 61.2 Å². The van der Waals surface area contributed by atoms with Gasteiger partial charge >= 0.3 is 0 Å². The van der Waals surface area contributed by atoms with Crippen LogP contribution in [-0.2, 0) is 21.3 Å². The molecule has 1 aromatic heterocycles. The highest BCUT2D eigenvalue weighted by molar-refractivity contribution is 7.91. The Labute approximate surface area is 171 Å². The molecule has 0 saturated heterocycles. The van der Waals surface area contributed by atoms with Gasteiger partial charge in [-0.05, 0) is 18.2 Å². The second-order valence-corrected chi connectivity index (χ2v) is 21.3. The van der Waals surface area contributed by atoms with Crippen LogP contribution < -0.4 is 0 Å². The Balaban J connectivity index is 2.35. The number of rotatable bonds is 7. The van der Waals surface area contributed by atoms with Crippen molar-refractivity contribution in [2.24, 2.45) is 0 Å². The quantitative estimate of drug-likeness (QED) is 0.371. The van der Waals surface area contributed by atoms with Crippen LogP contribution in [0.15, 0.2) is 46.6 Å².